The minimum Gasteiger partial charge on any atom is -0.406 e. The average molecular weight is 342 g/mol. The summed E-state index contributed by atoms with van der Waals surface area (Å²) in [7, 11) is 0. The lowest BCUT2D eigenvalue weighted by Gasteiger charge is -2.11. The van der Waals surface area contributed by atoms with Gasteiger partial charge in [-0.3, -0.25) is 0 Å². The molecule has 0 saturated carbocycles. The SMILES string of the molecule is O=C(NCCc1ccc(F)cc1)Nc1cccc(OC(F)(F)F)c1. The molecule has 0 fully saturated rings. The molecule has 0 heterocycles. The molecule has 2 N–H and O–H groups in total. The highest BCUT2D eigenvalue weighted by Crippen LogP contribution is 2.24. The maximum absolute atomic E-state index is 12.8. The fourth-order valence-corrected chi connectivity index (χ4v) is 1.92. The predicted octanol–water partition coefficient (Wildman–Crippen LogP) is 4.09. The molecule has 8 heteroatoms. The van der Waals surface area contributed by atoms with Gasteiger partial charge in [-0.05, 0) is 36.2 Å². The van der Waals surface area contributed by atoms with Crippen LogP contribution in [0.3, 0.4) is 0 Å². The van der Waals surface area contributed by atoms with Gasteiger partial charge in [0.15, 0.2) is 0 Å². The minimum atomic E-state index is -4.80. The Morgan fingerprint density at radius 1 is 1.08 bits per heavy atom. The summed E-state index contributed by atoms with van der Waals surface area (Å²) in [6.45, 7) is 0.288. The zero-order chi connectivity index (χ0) is 17.6. The van der Waals surface area contributed by atoms with E-state index in [1.54, 1.807) is 12.1 Å². The van der Waals surface area contributed by atoms with Crippen LogP contribution in [-0.4, -0.2) is 18.9 Å². The molecule has 0 aliphatic carbocycles. The van der Waals surface area contributed by atoms with Gasteiger partial charge in [0.1, 0.15) is 11.6 Å². The Morgan fingerprint density at radius 3 is 2.46 bits per heavy atom. The Hall–Kier alpha value is -2.77. The summed E-state index contributed by atoms with van der Waals surface area (Å²) >= 11 is 0. The van der Waals surface area contributed by atoms with Gasteiger partial charge in [-0.15, -0.1) is 13.2 Å². The molecule has 2 rings (SSSR count). The van der Waals surface area contributed by atoms with Gasteiger partial charge in [0.05, 0.1) is 0 Å². The highest BCUT2D eigenvalue weighted by molar-refractivity contribution is 5.89. The van der Waals surface area contributed by atoms with E-state index in [0.29, 0.717) is 6.42 Å². The van der Waals surface area contributed by atoms with Gasteiger partial charge in [0, 0.05) is 18.3 Å². The van der Waals surface area contributed by atoms with Crippen molar-refractivity contribution in [1.82, 2.24) is 5.32 Å². The summed E-state index contributed by atoms with van der Waals surface area (Å²) in [5, 5.41) is 4.96. The third-order valence-corrected chi connectivity index (χ3v) is 2.94. The maximum atomic E-state index is 12.8. The third kappa shape index (κ3) is 6.15. The van der Waals surface area contributed by atoms with Crippen LogP contribution >= 0.6 is 0 Å². The molecule has 128 valence electrons. The highest BCUT2D eigenvalue weighted by Gasteiger charge is 2.31. The number of amides is 2. The molecule has 0 aliphatic rings. The Balaban J connectivity index is 1.81. The number of hydrogen-bond acceptors (Lipinski definition) is 2. The van der Waals surface area contributed by atoms with Crippen LogP contribution in [0.1, 0.15) is 5.56 Å². The van der Waals surface area contributed by atoms with Crippen LogP contribution in [0.5, 0.6) is 5.75 Å². The zero-order valence-electron chi connectivity index (χ0n) is 12.4. The molecule has 0 aromatic heterocycles. The molecular weight excluding hydrogens is 328 g/mol. The van der Waals surface area contributed by atoms with Crippen LogP contribution in [0, 0.1) is 5.82 Å². The van der Waals surface area contributed by atoms with Gasteiger partial charge in [-0.1, -0.05) is 18.2 Å². The lowest BCUT2D eigenvalue weighted by atomic mass is 10.1. The Labute approximate surface area is 135 Å². The smallest absolute Gasteiger partial charge is 0.406 e. The molecule has 0 atom stereocenters. The van der Waals surface area contributed by atoms with Crippen LogP contribution in [0.2, 0.25) is 0 Å². The molecular formula is C16H14F4N2O2. The van der Waals surface area contributed by atoms with Crippen molar-refractivity contribution in [2.45, 2.75) is 12.8 Å². The molecule has 4 nitrogen and oxygen atoms in total. The third-order valence-electron chi connectivity index (χ3n) is 2.94. The van der Waals surface area contributed by atoms with Gasteiger partial charge < -0.3 is 15.4 Å². The Bertz CT molecular complexity index is 687. The number of rotatable bonds is 5. The number of ether oxygens (including phenoxy) is 1. The van der Waals surface area contributed by atoms with Crippen molar-refractivity contribution in [3.05, 3.63) is 59.9 Å². The number of hydrogen-bond donors (Lipinski definition) is 2. The van der Waals surface area contributed by atoms with E-state index in [4.69, 9.17) is 0 Å². The summed E-state index contributed by atoms with van der Waals surface area (Å²) in [6.07, 6.45) is -4.30. The first-order chi connectivity index (χ1) is 11.3. The van der Waals surface area contributed by atoms with Crippen LogP contribution in [-0.2, 0) is 6.42 Å². The van der Waals surface area contributed by atoms with Crippen LogP contribution in [0.4, 0.5) is 28.0 Å². The van der Waals surface area contributed by atoms with Crippen molar-refractivity contribution in [3.63, 3.8) is 0 Å². The maximum Gasteiger partial charge on any atom is 0.573 e. The number of urea groups is 1. The Kier molecular flexibility index (Phi) is 5.62. The number of benzene rings is 2. The number of halogens is 4. The van der Waals surface area contributed by atoms with E-state index in [0.717, 1.165) is 17.7 Å². The quantitative estimate of drug-likeness (QED) is 0.804. The summed E-state index contributed by atoms with van der Waals surface area (Å²) in [4.78, 5) is 11.7. The van der Waals surface area contributed by atoms with Crippen molar-refractivity contribution >= 4 is 11.7 Å². The summed E-state index contributed by atoms with van der Waals surface area (Å²) < 4.78 is 53.0. The van der Waals surface area contributed by atoms with Gasteiger partial charge in [-0.2, -0.15) is 0 Å². The van der Waals surface area contributed by atoms with E-state index in [1.165, 1.54) is 24.3 Å². The van der Waals surface area contributed by atoms with Crippen LogP contribution in [0.15, 0.2) is 48.5 Å². The number of nitrogens with one attached hydrogen (secondary N) is 2. The molecule has 0 aliphatic heterocycles. The van der Waals surface area contributed by atoms with E-state index in [1.807, 2.05) is 0 Å². The molecule has 2 amide bonds. The summed E-state index contributed by atoms with van der Waals surface area (Å²) in [6, 6.07) is 10.2. The largest absolute Gasteiger partial charge is 0.573 e. The Morgan fingerprint density at radius 2 is 1.79 bits per heavy atom. The topological polar surface area (TPSA) is 50.4 Å². The molecule has 0 saturated heterocycles. The average Bonchev–Trinajstić information content (AvgIpc) is 2.48. The number of alkyl halides is 3. The monoisotopic (exact) mass is 342 g/mol. The van der Waals surface area contributed by atoms with E-state index in [9.17, 15) is 22.4 Å². The van der Waals surface area contributed by atoms with Gasteiger partial charge in [0.2, 0.25) is 0 Å². The van der Waals surface area contributed by atoms with E-state index in [-0.39, 0.29) is 18.0 Å². The lowest BCUT2D eigenvalue weighted by Crippen LogP contribution is -2.30. The summed E-state index contributed by atoms with van der Waals surface area (Å²) in [5.74, 6) is -0.767. The van der Waals surface area contributed by atoms with Crippen LogP contribution < -0.4 is 15.4 Å². The summed E-state index contributed by atoms with van der Waals surface area (Å²) in [5.41, 5.74) is 1.01. The first-order valence-electron chi connectivity index (χ1n) is 6.97. The van der Waals surface area contributed by atoms with E-state index >= 15 is 0 Å². The number of anilines is 1. The van der Waals surface area contributed by atoms with E-state index < -0.39 is 18.1 Å². The van der Waals surface area contributed by atoms with Crippen molar-refractivity contribution in [2.24, 2.45) is 0 Å². The highest BCUT2D eigenvalue weighted by atomic mass is 19.4. The number of carbonyl (C=O) groups excluding carboxylic acids is 1. The minimum absolute atomic E-state index is 0.163. The van der Waals surface area contributed by atoms with E-state index in [2.05, 4.69) is 15.4 Å². The fraction of sp³-hybridized carbons (Fsp3) is 0.188. The van der Waals surface area contributed by atoms with Gasteiger partial charge in [-0.25, -0.2) is 9.18 Å². The number of carbonyl (C=O) groups is 1. The van der Waals surface area contributed by atoms with Crippen LogP contribution in [0.25, 0.3) is 0 Å². The fourth-order valence-electron chi connectivity index (χ4n) is 1.92. The molecule has 0 unspecified atom stereocenters. The first-order valence-corrected chi connectivity index (χ1v) is 6.97. The molecule has 24 heavy (non-hydrogen) atoms. The molecule has 2 aromatic rings. The normalized spacial score (nSPS) is 11.0. The molecule has 0 bridgehead atoms. The van der Waals surface area contributed by atoms with Crippen molar-refractivity contribution in [3.8, 4) is 5.75 Å². The van der Waals surface area contributed by atoms with Gasteiger partial charge in [0.25, 0.3) is 0 Å². The van der Waals surface area contributed by atoms with Crippen molar-refractivity contribution in [1.29, 1.82) is 0 Å². The molecule has 0 spiro atoms. The second kappa shape index (κ2) is 7.67. The zero-order valence-corrected chi connectivity index (χ0v) is 12.4. The second-order valence-corrected chi connectivity index (χ2v) is 4.83. The first kappa shape index (κ1) is 17.6. The van der Waals surface area contributed by atoms with Gasteiger partial charge >= 0.3 is 12.4 Å². The standard InChI is InChI=1S/C16H14F4N2O2/c17-12-6-4-11(5-7-12)8-9-21-15(23)22-13-2-1-3-14(10-13)24-16(18,19)20/h1-7,10H,8-9H2,(H2,21,22,23). The molecule has 2 aromatic carbocycles. The second-order valence-electron chi connectivity index (χ2n) is 4.83. The predicted molar refractivity (Wildman–Crippen MR) is 80.3 cm³/mol. The lowest BCUT2D eigenvalue weighted by molar-refractivity contribution is -0.274. The van der Waals surface area contributed by atoms with Crippen molar-refractivity contribution < 1.29 is 27.1 Å². The molecule has 0 radical (unpaired) electrons. The van der Waals surface area contributed by atoms with Crippen molar-refractivity contribution in [2.75, 3.05) is 11.9 Å².